The maximum Gasteiger partial charge on any atom is 0.191 e. The summed E-state index contributed by atoms with van der Waals surface area (Å²) in [5.41, 5.74) is 1.88. The summed E-state index contributed by atoms with van der Waals surface area (Å²) >= 11 is 0. The highest BCUT2D eigenvalue weighted by atomic mass is 16.5. The molecule has 1 aromatic carbocycles. The maximum absolute atomic E-state index is 11.7. The lowest BCUT2D eigenvalue weighted by Crippen LogP contribution is -2.20. The molecule has 0 aromatic heterocycles. The van der Waals surface area contributed by atoms with E-state index in [4.69, 9.17) is 4.74 Å². The third-order valence-corrected chi connectivity index (χ3v) is 2.12. The molecular weight excluding hydrogens is 176 g/mol. The van der Waals surface area contributed by atoms with E-state index < -0.39 is 0 Å². The lowest BCUT2D eigenvalue weighted by atomic mass is 10.1. The zero-order chi connectivity index (χ0) is 10.6. The number of rotatable bonds is 4. The second-order valence-corrected chi connectivity index (χ2v) is 3.33. The molecule has 14 heavy (non-hydrogen) atoms. The Kier molecular flexibility index (Phi) is 3.84. The van der Waals surface area contributed by atoms with Gasteiger partial charge in [0, 0.05) is 12.2 Å². The molecule has 1 atom stereocenters. The van der Waals surface area contributed by atoms with Gasteiger partial charge in [0.1, 0.15) is 6.10 Å². The van der Waals surface area contributed by atoms with Crippen LogP contribution in [0.2, 0.25) is 0 Å². The Hall–Kier alpha value is -1.15. The first kappa shape index (κ1) is 10.9. The van der Waals surface area contributed by atoms with Crippen LogP contribution < -0.4 is 0 Å². The first-order valence-electron chi connectivity index (χ1n) is 4.87. The quantitative estimate of drug-likeness (QED) is 0.685. The van der Waals surface area contributed by atoms with E-state index in [1.54, 1.807) is 6.92 Å². The Morgan fingerprint density at radius 2 is 1.93 bits per heavy atom. The van der Waals surface area contributed by atoms with Crippen LogP contribution in [0.15, 0.2) is 24.3 Å². The second kappa shape index (κ2) is 4.91. The number of ether oxygens (including phenoxy) is 1. The Morgan fingerprint density at radius 3 is 2.43 bits per heavy atom. The van der Waals surface area contributed by atoms with Crippen molar-refractivity contribution in [3.05, 3.63) is 35.4 Å². The number of carbonyl (C=O) groups is 1. The van der Waals surface area contributed by atoms with Crippen molar-refractivity contribution >= 4 is 5.78 Å². The Balaban J connectivity index is 2.74. The highest BCUT2D eigenvalue weighted by Gasteiger charge is 2.14. The average molecular weight is 192 g/mol. The molecule has 2 nitrogen and oxygen atoms in total. The molecule has 0 fully saturated rings. The van der Waals surface area contributed by atoms with Gasteiger partial charge in [-0.2, -0.15) is 0 Å². The van der Waals surface area contributed by atoms with Crippen LogP contribution >= 0.6 is 0 Å². The number of hydrogen-bond acceptors (Lipinski definition) is 2. The molecule has 0 aliphatic carbocycles. The Labute approximate surface area is 84.9 Å². The van der Waals surface area contributed by atoms with E-state index in [2.05, 4.69) is 0 Å². The molecule has 0 saturated carbocycles. The van der Waals surface area contributed by atoms with Crippen LogP contribution in [0, 0.1) is 6.92 Å². The third kappa shape index (κ3) is 2.67. The second-order valence-electron chi connectivity index (χ2n) is 3.33. The number of Topliss-reactive ketones (excluding diaryl/α,β-unsaturated/α-hetero) is 1. The average Bonchev–Trinajstić information content (AvgIpc) is 2.18. The van der Waals surface area contributed by atoms with Crippen LogP contribution in [-0.2, 0) is 4.74 Å². The smallest absolute Gasteiger partial charge is 0.191 e. The molecule has 1 aromatic rings. The third-order valence-electron chi connectivity index (χ3n) is 2.12. The summed E-state index contributed by atoms with van der Waals surface area (Å²) in [7, 11) is 0. The van der Waals surface area contributed by atoms with Crippen molar-refractivity contribution in [3.63, 3.8) is 0 Å². The van der Waals surface area contributed by atoms with E-state index in [-0.39, 0.29) is 11.9 Å². The molecule has 0 aliphatic heterocycles. The van der Waals surface area contributed by atoms with Gasteiger partial charge >= 0.3 is 0 Å². The summed E-state index contributed by atoms with van der Waals surface area (Å²) in [6.45, 7) is 6.24. The minimum atomic E-state index is -0.345. The van der Waals surface area contributed by atoms with Gasteiger partial charge in [-0.1, -0.05) is 29.8 Å². The van der Waals surface area contributed by atoms with Gasteiger partial charge in [0.05, 0.1) is 0 Å². The van der Waals surface area contributed by atoms with Crippen LogP contribution in [0.3, 0.4) is 0 Å². The van der Waals surface area contributed by atoms with Gasteiger partial charge in [-0.25, -0.2) is 0 Å². The van der Waals surface area contributed by atoms with E-state index in [1.165, 1.54) is 0 Å². The van der Waals surface area contributed by atoms with Crippen LogP contribution in [-0.4, -0.2) is 18.5 Å². The predicted molar refractivity (Wildman–Crippen MR) is 56.6 cm³/mol. The van der Waals surface area contributed by atoms with E-state index >= 15 is 0 Å². The van der Waals surface area contributed by atoms with E-state index in [9.17, 15) is 4.79 Å². The molecule has 1 unspecified atom stereocenters. The van der Waals surface area contributed by atoms with Crippen molar-refractivity contribution in [3.8, 4) is 0 Å². The highest BCUT2D eigenvalue weighted by Crippen LogP contribution is 2.08. The van der Waals surface area contributed by atoms with Gasteiger partial charge in [-0.15, -0.1) is 0 Å². The fraction of sp³-hybridized carbons (Fsp3) is 0.417. The van der Waals surface area contributed by atoms with Gasteiger partial charge in [-0.3, -0.25) is 4.79 Å². The molecule has 0 spiro atoms. The lowest BCUT2D eigenvalue weighted by Gasteiger charge is -2.10. The molecule has 0 amide bonds. The number of aryl methyl sites for hydroxylation is 1. The molecule has 0 N–H and O–H groups in total. The highest BCUT2D eigenvalue weighted by molar-refractivity contribution is 5.99. The zero-order valence-electron chi connectivity index (χ0n) is 8.91. The SMILES string of the molecule is CCOC(C)C(=O)c1ccc(C)cc1. The summed E-state index contributed by atoms with van der Waals surface area (Å²) in [5.74, 6) is 0.0480. The van der Waals surface area contributed by atoms with E-state index in [0.717, 1.165) is 11.1 Å². The van der Waals surface area contributed by atoms with Gasteiger partial charge < -0.3 is 4.74 Å². The lowest BCUT2D eigenvalue weighted by molar-refractivity contribution is 0.0520. The van der Waals surface area contributed by atoms with Gasteiger partial charge in [0.15, 0.2) is 5.78 Å². The minimum absolute atomic E-state index is 0.0480. The molecule has 0 heterocycles. The number of hydrogen-bond donors (Lipinski definition) is 0. The number of benzene rings is 1. The van der Waals surface area contributed by atoms with Crippen LogP contribution in [0.5, 0.6) is 0 Å². The normalized spacial score (nSPS) is 12.5. The largest absolute Gasteiger partial charge is 0.371 e. The Bertz CT molecular complexity index is 301. The molecular formula is C12H16O2. The van der Waals surface area contributed by atoms with Crippen molar-refractivity contribution < 1.29 is 9.53 Å². The van der Waals surface area contributed by atoms with E-state index in [1.807, 2.05) is 38.1 Å². The van der Waals surface area contributed by atoms with E-state index in [0.29, 0.717) is 6.61 Å². The summed E-state index contributed by atoms with van der Waals surface area (Å²) in [6.07, 6.45) is -0.345. The summed E-state index contributed by atoms with van der Waals surface area (Å²) in [6, 6.07) is 7.55. The molecule has 0 radical (unpaired) electrons. The van der Waals surface area contributed by atoms with Gasteiger partial charge in [0.2, 0.25) is 0 Å². The molecule has 0 aliphatic rings. The summed E-state index contributed by atoms with van der Waals surface area (Å²) < 4.78 is 5.24. The van der Waals surface area contributed by atoms with Crippen molar-refractivity contribution in [2.75, 3.05) is 6.61 Å². The molecule has 0 bridgehead atoms. The zero-order valence-corrected chi connectivity index (χ0v) is 8.91. The van der Waals surface area contributed by atoms with Gasteiger partial charge in [0.25, 0.3) is 0 Å². The maximum atomic E-state index is 11.7. The first-order chi connectivity index (χ1) is 6.65. The minimum Gasteiger partial charge on any atom is -0.371 e. The number of ketones is 1. The number of carbonyl (C=O) groups excluding carboxylic acids is 1. The fourth-order valence-electron chi connectivity index (χ4n) is 1.28. The van der Waals surface area contributed by atoms with Crippen LogP contribution in [0.4, 0.5) is 0 Å². The monoisotopic (exact) mass is 192 g/mol. The molecule has 76 valence electrons. The molecule has 2 heteroatoms. The fourth-order valence-corrected chi connectivity index (χ4v) is 1.28. The summed E-state index contributed by atoms with van der Waals surface area (Å²) in [4.78, 5) is 11.7. The van der Waals surface area contributed by atoms with Crippen molar-refractivity contribution in [1.82, 2.24) is 0 Å². The topological polar surface area (TPSA) is 26.3 Å². The first-order valence-corrected chi connectivity index (χ1v) is 4.87. The molecule has 1 rings (SSSR count). The van der Waals surface area contributed by atoms with Crippen molar-refractivity contribution in [2.24, 2.45) is 0 Å². The van der Waals surface area contributed by atoms with Crippen LogP contribution in [0.25, 0.3) is 0 Å². The predicted octanol–water partition coefficient (Wildman–Crippen LogP) is 2.60. The Morgan fingerprint density at radius 1 is 1.36 bits per heavy atom. The summed E-state index contributed by atoms with van der Waals surface area (Å²) in [5, 5.41) is 0. The van der Waals surface area contributed by atoms with Crippen molar-refractivity contribution in [2.45, 2.75) is 26.9 Å². The van der Waals surface area contributed by atoms with Crippen LogP contribution in [0.1, 0.15) is 29.8 Å². The van der Waals surface area contributed by atoms with Gasteiger partial charge in [-0.05, 0) is 20.8 Å². The molecule has 0 saturated heterocycles. The van der Waals surface area contributed by atoms with Crippen molar-refractivity contribution in [1.29, 1.82) is 0 Å². The standard InChI is InChI=1S/C12H16O2/c1-4-14-10(3)12(13)11-7-5-9(2)6-8-11/h5-8,10H,4H2,1-3H3.